The molecule has 1 rings (SSSR count). The summed E-state index contributed by atoms with van der Waals surface area (Å²) in [4.78, 5) is -0.723. The second-order valence-electron chi connectivity index (χ2n) is 5.03. The largest absolute Gasteiger partial charge is 0.393 e. The third-order valence-electron chi connectivity index (χ3n) is 3.00. The predicted octanol–water partition coefficient (Wildman–Crippen LogP) is 1.96. The Morgan fingerprint density at radius 2 is 1.85 bits per heavy atom. The first kappa shape index (κ1) is 17.0. The molecular weight excluding hydrogens is 288 g/mol. The lowest BCUT2D eigenvalue weighted by Gasteiger charge is -2.15. The Bertz CT molecular complexity index is 573. The summed E-state index contributed by atoms with van der Waals surface area (Å²) < 4.78 is 52.8. The van der Waals surface area contributed by atoms with Gasteiger partial charge in [-0.25, -0.2) is 21.9 Å². The lowest BCUT2D eigenvalue weighted by Crippen LogP contribution is -2.29. The molecule has 114 valence electrons. The van der Waals surface area contributed by atoms with E-state index < -0.39 is 32.7 Å². The molecule has 0 heterocycles. The number of halogens is 2. The van der Waals surface area contributed by atoms with Crippen LogP contribution in [0.4, 0.5) is 8.78 Å². The molecule has 0 spiro atoms. The van der Waals surface area contributed by atoms with Crippen LogP contribution in [-0.4, -0.2) is 26.2 Å². The second-order valence-corrected chi connectivity index (χ2v) is 6.77. The van der Waals surface area contributed by atoms with Crippen molar-refractivity contribution in [3.8, 4) is 0 Å². The number of aliphatic hydroxyl groups excluding tert-OH is 1. The van der Waals surface area contributed by atoms with Gasteiger partial charge in [0.25, 0.3) is 0 Å². The van der Waals surface area contributed by atoms with Crippen LogP contribution in [0.1, 0.15) is 25.8 Å². The number of nitrogens with one attached hydrogen (secondary N) is 1. The van der Waals surface area contributed by atoms with Gasteiger partial charge in [-0.3, -0.25) is 0 Å². The molecule has 1 atom stereocenters. The molecule has 7 heteroatoms. The lowest BCUT2D eigenvalue weighted by atomic mass is 10.1. The molecule has 0 bridgehead atoms. The summed E-state index contributed by atoms with van der Waals surface area (Å²) in [5.74, 6) is -1.79. The molecule has 0 aliphatic carbocycles. The summed E-state index contributed by atoms with van der Waals surface area (Å²) in [6.45, 7) is 4.90. The summed E-state index contributed by atoms with van der Waals surface area (Å²) >= 11 is 0. The normalized spacial score (nSPS) is 13.8. The zero-order valence-corrected chi connectivity index (χ0v) is 12.5. The van der Waals surface area contributed by atoms with Gasteiger partial charge in [0.05, 0.1) is 6.10 Å². The third-order valence-corrected chi connectivity index (χ3v) is 4.48. The minimum absolute atomic E-state index is 0.00643. The summed E-state index contributed by atoms with van der Waals surface area (Å²) in [5.41, 5.74) is 0.0386. The average molecular weight is 307 g/mol. The van der Waals surface area contributed by atoms with Crippen molar-refractivity contribution in [3.63, 3.8) is 0 Å². The molecule has 2 N–H and O–H groups in total. The third kappa shape index (κ3) is 4.22. The molecule has 0 fully saturated rings. The molecule has 4 nitrogen and oxygen atoms in total. The van der Waals surface area contributed by atoms with Crippen LogP contribution in [0.25, 0.3) is 0 Å². The Morgan fingerprint density at radius 1 is 1.25 bits per heavy atom. The number of aryl methyl sites for hydroxylation is 1. The fraction of sp³-hybridized carbons (Fsp3) is 0.538. The Labute approximate surface area is 117 Å². The summed E-state index contributed by atoms with van der Waals surface area (Å²) in [6.07, 6.45) is -0.454. The van der Waals surface area contributed by atoms with Gasteiger partial charge >= 0.3 is 0 Å². The highest BCUT2D eigenvalue weighted by molar-refractivity contribution is 7.89. The Kier molecular flexibility index (Phi) is 5.61. The van der Waals surface area contributed by atoms with Crippen LogP contribution in [0.3, 0.4) is 0 Å². The summed E-state index contributed by atoms with van der Waals surface area (Å²) in [5, 5.41) is 9.56. The molecule has 1 aromatic carbocycles. The first-order chi connectivity index (χ1) is 9.15. The van der Waals surface area contributed by atoms with E-state index in [0.29, 0.717) is 6.07 Å². The highest BCUT2D eigenvalue weighted by Gasteiger charge is 2.21. The second kappa shape index (κ2) is 6.60. The van der Waals surface area contributed by atoms with E-state index >= 15 is 0 Å². The maximum atomic E-state index is 13.6. The molecule has 0 saturated heterocycles. The first-order valence-electron chi connectivity index (χ1n) is 6.28. The van der Waals surface area contributed by atoms with Gasteiger partial charge in [-0.05, 0) is 37.0 Å². The number of benzene rings is 1. The van der Waals surface area contributed by atoms with Crippen LogP contribution in [0.5, 0.6) is 0 Å². The predicted molar refractivity (Wildman–Crippen MR) is 71.7 cm³/mol. The summed E-state index contributed by atoms with van der Waals surface area (Å²) in [6, 6.07) is 1.50. The Morgan fingerprint density at radius 3 is 2.40 bits per heavy atom. The van der Waals surface area contributed by atoms with E-state index in [1.54, 1.807) is 13.8 Å². The van der Waals surface area contributed by atoms with E-state index in [2.05, 4.69) is 4.72 Å². The van der Waals surface area contributed by atoms with Gasteiger partial charge < -0.3 is 5.11 Å². The minimum atomic E-state index is -4.13. The molecule has 0 aliphatic heterocycles. The quantitative estimate of drug-likeness (QED) is 0.844. The summed E-state index contributed by atoms with van der Waals surface area (Å²) in [7, 11) is -4.13. The van der Waals surface area contributed by atoms with E-state index in [4.69, 9.17) is 0 Å². The molecule has 20 heavy (non-hydrogen) atoms. The Hall–Kier alpha value is -1.05. The van der Waals surface area contributed by atoms with Crippen molar-refractivity contribution in [2.75, 3.05) is 6.54 Å². The van der Waals surface area contributed by atoms with E-state index in [0.717, 1.165) is 6.07 Å². The van der Waals surface area contributed by atoms with Gasteiger partial charge in [-0.2, -0.15) is 0 Å². The molecule has 0 amide bonds. The van der Waals surface area contributed by atoms with E-state index in [-0.39, 0.29) is 24.4 Å². The maximum Gasteiger partial charge on any atom is 0.243 e. The van der Waals surface area contributed by atoms with Crippen molar-refractivity contribution in [2.24, 2.45) is 5.92 Å². The van der Waals surface area contributed by atoms with E-state index in [1.165, 1.54) is 6.92 Å². The van der Waals surface area contributed by atoms with Crippen LogP contribution >= 0.6 is 0 Å². The monoisotopic (exact) mass is 307 g/mol. The van der Waals surface area contributed by atoms with Crippen molar-refractivity contribution >= 4 is 10.0 Å². The van der Waals surface area contributed by atoms with Crippen molar-refractivity contribution in [1.82, 2.24) is 4.72 Å². The zero-order valence-electron chi connectivity index (χ0n) is 11.7. The van der Waals surface area contributed by atoms with Crippen molar-refractivity contribution in [2.45, 2.75) is 38.2 Å². The van der Waals surface area contributed by atoms with Crippen LogP contribution < -0.4 is 4.72 Å². The molecule has 1 unspecified atom stereocenters. The van der Waals surface area contributed by atoms with Gasteiger partial charge in [-0.15, -0.1) is 0 Å². The van der Waals surface area contributed by atoms with Gasteiger partial charge in [0.1, 0.15) is 16.5 Å². The van der Waals surface area contributed by atoms with Gasteiger partial charge in [0, 0.05) is 6.54 Å². The van der Waals surface area contributed by atoms with E-state index in [9.17, 15) is 22.3 Å². The highest BCUT2D eigenvalue weighted by atomic mass is 32.2. The van der Waals surface area contributed by atoms with Gasteiger partial charge in [-0.1, -0.05) is 13.8 Å². The lowest BCUT2D eigenvalue weighted by molar-refractivity contribution is 0.118. The number of rotatable bonds is 6. The number of sulfonamides is 1. The number of aliphatic hydroxyl groups is 1. The van der Waals surface area contributed by atoms with Crippen molar-refractivity contribution in [1.29, 1.82) is 0 Å². The zero-order chi connectivity index (χ0) is 15.5. The number of hydrogen-bond acceptors (Lipinski definition) is 3. The molecule has 0 saturated carbocycles. The topological polar surface area (TPSA) is 66.4 Å². The van der Waals surface area contributed by atoms with Crippen LogP contribution in [0.15, 0.2) is 17.0 Å². The van der Waals surface area contributed by atoms with E-state index in [1.807, 2.05) is 0 Å². The first-order valence-corrected chi connectivity index (χ1v) is 7.77. The standard InChI is InChI=1S/C13H19F2NO3S/c1-8(2)12(17)4-5-16-20(18,19)13-7-10(14)9(3)6-11(13)15/h6-8,12,16-17H,4-5H2,1-3H3. The highest BCUT2D eigenvalue weighted by Crippen LogP contribution is 2.18. The van der Waals surface area contributed by atoms with Crippen LogP contribution in [-0.2, 0) is 10.0 Å². The van der Waals surface area contributed by atoms with Gasteiger partial charge in [0.15, 0.2) is 0 Å². The SMILES string of the molecule is Cc1cc(F)c(S(=O)(=O)NCCC(O)C(C)C)cc1F. The molecule has 0 radical (unpaired) electrons. The molecule has 0 aromatic heterocycles. The smallest absolute Gasteiger partial charge is 0.243 e. The minimum Gasteiger partial charge on any atom is -0.393 e. The average Bonchev–Trinajstić information content (AvgIpc) is 2.33. The van der Waals surface area contributed by atoms with Crippen LogP contribution in [0.2, 0.25) is 0 Å². The molecule has 0 aliphatic rings. The van der Waals surface area contributed by atoms with Gasteiger partial charge in [0.2, 0.25) is 10.0 Å². The maximum absolute atomic E-state index is 13.6. The fourth-order valence-corrected chi connectivity index (χ4v) is 2.70. The molecular formula is C13H19F2NO3S. The Balaban J connectivity index is 2.82. The van der Waals surface area contributed by atoms with Crippen molar-refractivity contribution in [3.05, 3.63) is 29.3 Å². The van der Waals surface area contributed by atoms with Crippen LogP contribution in [0, 0.1) is 24.5 Å². The van der Waals surface area contributed by atoms with Crippen molar-refractivity contribution < 1.29 is 22.3 Å². The fourth-order valence-electron chi connectivity index (χ4n) is 1.59. The molecule has 1 aromatic rings. The number of hydrogen-bond donors (Lipinski definition) is 2.